The molecule has 0 radical (unpaired) electrons. The highest BCUT2D eigenvalue weighted by atomic mass is 16.7. The molecule has 0 spiro atoms. The first-order valence-electron chi connectivity index (χ1n) is 10.1. The van der Waals surface area contributed by atoms with E-state index in [9.17, 15) is 0 Å². The SMILES string of the molecule is Cc1cc(C(C)(C)C)ccc1OCc1ccccc1B1OC(C)(C)C(C)(C)O1. The van der Waals surface area contributed by atoms with Crippen LogP contribution in [-0.4, -0.2) is 18.3 Å². The van der Waals surface area contributed by atoms with Gasteiger partial charge in [0.25, 0.3) is 0 Å². The maximum absolute atomic E-state index is 6.24. The van der Waals surface area contributed by atoms with E-state index in [1.54, 1.807) is 0 Å². The summed E-state index contributed by atoms with van der Waals surface area (Å²) < 4.78 is 18.7. The molecule has 0 bridgehead atoms. The van der Waals surface area contributed by atoms with Crippen molar-refractivity contribution in [1.82, 2.24) is 0 Å². The molecule has 3 rings (SSSR count). The summed E-state index contributed by atoms with van der Waals surface area (Å²) in [4.78, 5) is 0. The highest BCUT2D eigenvalue weighted by Crippen LogP contribution is 2.36. The van der Waals surface area contributed by atoms with Crippen molar-refractivity contribution in [2.24, 2.45) is 0 Å². The van der Waals surface area contributed by atoms with Gasteiger partial charge in [-0.2, -0.15) is 0 Å². The highest BCUT2D eigenvalue weighted by molar-refractivity contribution is 6.62. The quantitative estimate of drug-likeness (QED) is 0.685. The van der Waals surface area contributed by atoms with Gasteiger partial charge in [0.2, 0.25) is 0 Å². The zero-order valence-electron chi connectivity index (χ0n) is 18.6. The Morgan fingerprint density at radius 1 is 0.929 bits per heavy atom. The first kappa shape index (κ1) is 20.9. The van der Waals surface area contributed by atoms with Crippen LogP contribution in [0.3, 0.4) is 0 Å². The molecule has 0 N–H and O–H groups in total. The molecule has 28 heavy (non-hydrogen) atoms. The summed E-state index contributed by atoms with van der Waals surface area (Å²) >= 11 is 0. The molecule has 0 aliphatic carbocycles. The van der Waals surface area contributed by atoms with Crippen molar-refractivity contribution in [3.8, 4) is 5.75 Å². The van der Waals surface area contributed by atoms with Gasteiger partial charge in [0, 0.05) is 0 Å². The van der Waals surface area contributed by atoms with Gasteiger partial charge < -0.3 is 14.0 Å². The van der Waals surface area contributed by atoms with Gasteiger partial charge >= 0.3 is 7.12 Å². The van der Waals surface area contributed by atoms with Crippen molar-refractivity contribution in [3.05, 3.63) is 59.2 Å². The molecule has 0 saturated carbocycles. The van der Waals surface area contributed by atoms with E-state index in [0.717, 1.165) is 22.3 Å². The van der Waals surface area contributed by atoms with E-state index in [0.29, 0.717) is 6.61 Å². The predicted octanol–water partition coefficient (Wildman–Crippen LogP) is 5.17. The minimum Gasteiger partial charge on any atom is -0.489 e. The predicted molar refractivity (Wildman–Crippen MR) is 116 cm³/mol. The van der Waals surface area contributed by atoms with E-state index in [-0.39, 0.29) is 23.7 Å². The van der Waals surface area contributed by atoms with Crippen LogP contribution >= 0.6 is 0 Å². The number of ether oxygens (including phenoxy) is 1. The number of hydrogen-bond donors (Lipinski definition) is 0. The van der Waals surface area contributed by atoms with Crippen molar-refractivity contribution in [3.63, 3.8) is 0 Å². The summed E-state index contributed by atoms with van der Waals surface area (Å²) in [5, 5.41) is 0. The van der Waals surface area contributed by atoms with Gasteiger partial charge in [0.15, 0.2) is 0 Å². The molecular formula is C24H33BO3. The number of hydrogen-bond acceptors (Lipinski definition) is 3. The molecule has 1 aliphatic heterocycles. The molecule has 1 saturated heterocycles. The Labute approximate surface area is 170 Å². The van der Waals surface area contributed by atoms with Gasteiger partial charge in [-0.15, -0.1) is 0 Å². The minimum atomic E-state index is -0.380. The zero-order valence-corrected chi connectivity index (χ0v) is 18.6. The second-order valence-electron chi connectivity index (χ2n) is 9.81. The summed E-state index contributed by atoms with van der Waals surface area (Å²) in [6.07, 6.45) is 0. The molecule has 0 amide bonds. The molecule has 150 valence electrons. The normalized spacial score (nSPS) is 18.4. The van der Waals surface area contributed by atoms with Gasteiger partial charge in [0.1, 0.15) is 12.4 Å². The van der Waals surface area contributed by atoms with Gasteiger partial charge in [-0.05, 0) is 68.3 Å². The average Bonchev–Trinajstić information content (AvgIpc) is 2.81. The van der Waals surface area contributed by atoms with Crippen molar-refractivity contribution >= 4 is 12.6 Å². The Morgan fingerprint density at radius 2 is 1.54 bits per heavy atom. The van der Waals surface area contributed by atoms with E-state index < -0.39 is 0 Å². The fraction of sp³-hybridized carbons (Fsp3) is 0.500. The third kappa shape index (κ3) is 4.13. The third-order valence-corrected chi connectivity index (χ3v) is 5.99. The molecule has 2 aromatic carbocycles. The monoisotopic (exact) mass is 380 g/mol. The maximum atomic E-state index is 6.24. The van der Waals surface area contributed by atoms with Crippen LogP contribution in [0.5, 0.6) is 5.75 Å². The number of rotatable bonds is 4. The van der Waals surface area contributed by atoms with Crippen LogP contribution in [0.25, 0.3) is 0 Å². The number of aryl methyl sites for hydroxylation is 1. The van der Waals surface area contributed by atoms with Gasteiger partial charge in [0.05, 0.1) is 11.2 Å². The number of benzene rings is 2. The van der Waals surface area contributed by atoms with Crippen LogP contribution in [-0.2, 0) is 21.3 Å². The summed E-state index contributed by atoms with van der Waals surface area (Å²) in [6.45, 7) is 17.6. The van der Waals surface area contributed by atoms with Crippen molar-refractivity contribution in [2.45, 2.75) is 78.6 Å². The van der Waals surface area contributed by atoms with Crippen molar-refractivity contribution in [1.29, 1.82) is 0 Å². The lowest BCUT2D eigenvalue weighted by Gasteiger charge is -2.32. The molecule has 1 heterocycles. The molecular weight excluding hydrogens is 347 g/mol. The van der Waals surface area contributed by atoms with Crippen LogP contribution in [0.2, 0.25) is 0 Å². The van der Waals surface area contributed by atoms with Gasteiger partial charge in [-0.1, -0.05) is 57.2 Å². The summed E-state index contributed by atoms with van der Waals surface area (Å²) in [7, 11) is -0.380. The van der Waals surface area contributed by atoms with Crippen LogP contribution in [0.15, 0.2) is 42.5 Å². The second-order valence-corrected chi connectivity index (χ2v) is 9.81. The van der Waals surface area contributed by atoms with E-state index >= 15 is 0 Å². The van der Waals surface area contributed by atoms with Crippen LogP contribution in [0.4, 0.5) is 0 Å². The van der Waals surface area contributed by atoms with Crippen LogP contribution in [0, 0.1) is 6.92 Å². The Kier molecular flexibility index (Phi) is 5.41. The molecule has 1 aliphatic rings. The molecule has 0 atom stereocenters. The lowest BCUT2D eigenvalue weighted by molar-refractivity contribution is 0.00578. The van der Waals surface area contributed by atoms with Crippen LogP contribution < -0.4 is 10.2 Å². The van der Waals surface area contributed by atoms with Crippen LogP contribution in [0.1, 0.15) is 65.2 Å². The largest absolute Gasteiger partial charge is 0.495 e. The first-order chi connectivity index (χ1) is 12.9. The van der Waals surface area contributed by atoms with Gasteiger partial charge in [-0.3, -0.25) is 0 Å². The summed E-state index contributed by atoms with van der Waals surface area (Å²) in [6, 6.07) is 14.6. The smallest absolute Gasteiger partial charge is 0.489 e. The third-order valence-electron chi connectivity index (χ3n) is 5.99. The summed E-state index contributed by atoms with van der Waals surface area (Å²) in [5.74, 6) is 0.914. The first-order valence-corrected chi connectivity index (χ1v) is 10.1. The maximum Gasteiger partial charge on any atom is 0.495 e. The van der Waals surface area contributed by atoms with E-state index in [2.05, 4.69) is 85.7 Å². The average molecular weight is 380 g/mol. The highest BCUT2D eigenvalue weighted by Gasteiger charge is 2.52. The Bertz CT molecular complexity index is 833. The molecule has 3 nitrogen and oxygen atoms in total. The molecule has 0 unspecified atom stereocenters. The van der Waals surface area contributed by atoms with E-state index in [1.165, 1.54) is 5.56 Å². The fourth-order valence-corrected chi connectivity index (χ4v) is 3.30. The molecule has 1 fully saturated rings. The van der Waals surface area contributed by atoms with E-state index in [4.69, 9.17) is 14.0 Å². The molecule has 0 aromatic heterocycles. The Balaban J connectivity index is 1.79. The Hall–Kier alpha value is -1.78. The molecule has 2 aromatic rings. The standard InChI is InChI=1S/C24H33BO3/c1-17-15-19(22(2,3)4)13-14-21(17)26-16-18-11-9-10-12-20(18)25-27-23(5,6)24(7,8)28-25/h9-15H,16H2,1-8H3. The molecule has 4 heteroatoms. The topological polar surface area (TPSA) is 27.7 Å². The van der Waals surface area contributed by atoms with Gasteiger partial charge in [-0.25, -0.2) is 0 Å². The second kappa shape index (κ2) is 7.24. The van der Waals surface area contributed by atoms with E-state index in [1.807, 2.05) is 12.1 Å². The van der Waals surface area contributed by atoms with Crippen molar-refractivity contribution < 1.29 is 14.0 Å². The zero-order chi connectivity index (χ0) is 20.7. The minimum absolute atomic E-state index is 0.132. The van der Waals surface area contributed by atoms with Crippen molar-refractivity contribution in [2.75, 3.05) is 0 Å². The lowest BCUT2D eigenvalue weighted by Crippen LogP contribution is -2.41. The summed E-state index contributed by atoms with van der Waals surface area (Å²) in [5.41, 5.74) is 4.00. The lowest BCUT2D eigenvalue weighted by atomic mass is 9.76. The fourth-order valence-electron chi connectivity index (χ4n) is 3.30. The Morgan fingerprint density at radius 3 is 2.11 bits per heavy atom.